The summed E-state index contributed by atoms with van der Waals surface area (Å²) in [5.41, 5.74) is -1.41. The molecular weight excluding hydrogens is 734 g/mol. The van der Waals surface area contributed by atoms with Gasteiger partial charge in [0.05, 0.1) is 36.2 Å². The molecule has 2 saturated heterocycles. The van der Waals surface area contributed by atoms with Crippen LogP contribution < -0.4 is 0 Å². The number of amides is 1. The minimum Gasteiger partial charge on any atom is -0.459 e. The van der Waals surface area contributed by atoms with Gasteiger partial charge in [-0.3, -0.25) is 14.4 Å². The van der Waals surface area contributed by atoms with Crippen LogP contribution in [0.4, 0.5) is 0 Å². The summed E-state index contributed by atoms with van der Waals surface area (Å²) in [6.45, 7) is 16.7. The van der Waals surface area contributed by atoms with Crippen LogP contribution in [0.15, 0.2) is 40.5 Å². The van der Waals surface area contributed by atoms with Gasteiger partial charge in [-0.2, -0.15) is 0 Å². The number of ketones is 1. The van der Waals surface area contributed by atoms with Gasteiger partial charge >= 0.3 is 5.97 Å². The van der Waals surface area contributed by atoms with Crippen LogP contribution in [0, 0.1) is 29.6 Å². The molecule has 4 rings (SSSR count). The number of aliphatic imine (C=N–C) groups is 1. The zero-order chi connectivity index (χ0) is 42.6. The van der Waals surface area contributed by atoms with Crippen molar-refractivity contribution in [1.29, 1.82) is 0 Å². The molecule has 15 atom stereocenters. The van der Waals surface area contributed by atoms with Gasteiger partial charge in [0.15, 0.2) is 18.2 Å². The van der Waals surface area contributed by atoms with Gasteiger partial charge in [0.1, 0.15) is 23.7 Å². The number of hydrogen-bond acceptors (Lipinski definition) is 13. The molecule has 3 aliphatic rings. The van der Waals surface area contributed by atoms with Crippen LogP contribution in [0.25, 0.3) is 0 Å². The number of carbonyl (C=O) groups is 3. The number of esters is 1. The number of rotatable bonds is 9. The Labute approximate surface area is 338 Å². The Kier molecular flexibility index (Phi) is 15.8. The van der Waals surface area contributed by atoms with E-state index in [2.05, 4.69) is 10.1 Å². The maximum Gasteiger partial charge on any atom is 0.316 e. The zero-order valence-electron chi connectivity index (χ0n) is 35.9. The summed E-state index contributed by atoms with van der Waals surface area (Å²) >= 11 is 0. The molecule has 0 spiro atoms. The molecule has 1 aromatic rings. The average Bonchev–Trinajstić information content (AvgIpc) is 3.59. The van der Waals surface area contributed by atoms with Crippen molar-refractivity contribution >= 4 is 29.1 Å². The third-order valence-electron chi connectivity index (χ3n) is 12.3. The fourth-order valence-corrected chi connectivity index (χ4v) is 8.97. The van der Waals surface area contributed by atoms with Crippen molar-refractivity contribution in [3.63, 3.8) is 0 Å². The van der Waals surface area contributed by atoms with Crippen LogP contribution in [0.1, 0.15) is 100 Å². The van der Waals surface area contributed by atoms with Crippen molar-refractivity contribution in [3.05, 3.63) is 35.9 Å². The first-order chi connectivity index (χ1) is 26.7. The molecule has 3 aliphatic heterocycles. The monoisotopic (exact) mass is 801 g/mol. The van der Waals surface area contributed by atoms with E-state index in [1.54, 1.807) is 27.7 Å². The molecule has 3 unspecified atom stereocenters. The van der Waals surface area contributed by atoms with Crippen molar-refractivity contribution in [2.24, 2.45) is 39.7 Å². The first kappa shape index (κ1) is 46.6. The van der Waals surface area contributed by atoms with E-state index in [1.807, 2.05) is 70.1 Å². The molecule has 0 saturated carbocycles. The summed E-state index contributed by atoms with van der Waals surface area (Å²) in [7, 11) is 3.73. The Morgan fingerprint density at radius 1 is 1.02 bits per heavy atom. The molecule has 3 N–H and O–H groups in total. The van der Waals surface area contributed by atoms with Crippen molar-refractivity contribution in [2.75, 3.05) is 20.7 Å². The number of hydrogen-bond donors (Lipinski definition) is 3. The van der Waals surface area contributed by atoms with Crippen LogP contribution in [0.2, 0.25) is 0 Å². The lowest BCUT2D eigenvalue weighted by Gasteiger charge is -2.48. The molecular formula is C43H67N3O11. The van der Waals surface area contributed by atoms with Crippen molar-refractivity contribution in [1.82, 2.24) is 4.90 Å². The van der Waals surface area contributed by atoms with Gasteiger partial charge in [0.2, 0.25) is 5.91 Å². The highest BCUT2D eigenvalue weighted by atomic mass is 16.7. The second kappa shape index (κ2) is 19.3. The summed E-state index contributed by atoms with van der Waals surface area (Å²) in [5.74, 6) is -5.91. The Morgan fingerprint density at radius 3 is 2.25 bits per heavy atom. The zero-order valence-corrected chi connectivity index (χ0v) is 35.9. The van der Waals surface area contributed by atoms with Gasteiger partial charge in [-0.1, -0.05) is 70.1 Å². The van der Waals surface area contributed by atoms with Crippen LogP contribution in [-0.4, -0.2) is 130 Å². The van der Waals surface area contributed by atoms with Crippen molar-refractivity contribution < 1.29 is 53.5 Å². The highest BCUT2D eigenvalue weighted by Crippen LogP contribution is 2.40. The molecule has 320 valence electrons. The topological polar surface area (TPSA) is 186 Å². The fourth-order valence-electron chi connectivity index (χ4n) is 8.97. The number of oxime groups is 1. The van der Waals surface area contributed by atoms with Crippen molar-refractivity contribution in [2.45, 2.75) is 155 Å². The number of ether oxygens (including phenoxy) is 4. The molecule has 14 heteroatoms. The van der Waals surface area contributed by atoms with Gasteiger partial charge in [-0.25, -0.2) is 4.99 Å². The van der Waals surface area contributed by atoms with Gasteiger partial charge in [-0.05, 0) is 79.0 Å². The lowest BCUT2D eigenvalue weighted by Crippen LogP contribution is -2.60. The first-order valence-electron chi connectivity index (χ1n) is 20.5. The molecule has 3 heterocycles. The van der Waals surface area contributed by atoms with E-state index in [4.69, 9.17) is 23.8 Å². The van der Waals surface area contributed by atoms with Gasteiger partial charge in [0, 0.05) is 36.4 Å². The standard InChI is InChI=1S/C43H67N3O11/c1-13-30-32(57-45-35(30)29-18-16-15-17-19-29)22-53-42(9)21-23(3)34(44-28(8)47)25(5)38(50)43(10,52)33(14-2)55-40(51)27(7)36(48)26(6)39(42)56-41-37(49)31(46(11)12)20-24(4)54-41/h15-19,23-27,30-33,37-39,41,49-50,52H,13-14,20-22H2,1-12H3/t23-,24-,25+,26-,27?,30?,31+,32?,33-,37-,38+,39-,41+,42-,43-/m1/s1. The summed E-state index contributed by atoms with van der Waals surface area (Å²) in [5, 5.41) is 39.7. The second-order valence-electron chi connectivity index (χ2n) is 17.1. The molecule has 2 fully saturated rings. The van der Waals surface area contributed by atoms with E-state index in [1.165, 1.54) is 20.8 Å². The number of nitrogens with zero attached hydrogens (tertiary/aromatic N) is 3. The van der Waals surface area contributed by atoms with E-state index < -0.39 is 89.3 Å². The van der Waals surface area contributed by atoms with Gasteiger partial charge < -0.3 is 44.0 Å². The van der Waals surface area contributed by atoms with Crippen LogP contribution in [-0.2, 0) is 38.2 Å². The number of benzene rings is 1. The van der Waals surface area contributed by atoms with Gasteiger partial charge in [0.25, 0.3) is 0 Å². The predicted octanol–water partition coefficient (Wildman–Crippen LogP) is 4.34. The minimum atomic E-state index is -1.98. The Hall–Kier alpha value is -3.11. The van der Waals surface area contributed by atoms with Crippen LogP contribution in [0.3, 0.4) is 0 Å². The van der Waals surface area contributed by atoms with Crippen LogP contribution in [0.5, 0.6) is 0 Å². The van der Waals surface area contributed by atoms with Crippen LogP contribution >= 0.6 is 0 Å². The molecule has 1 amide bonds. The number of aliphatic hydroxyl groups is 3. The Bertz CT molecular complexity index is 1600. The predicted molar refractivity (Wildman–Crippen MR) is 214 cm³/mol. The lowest BCUT2D eigenvalue weighted by atomic mass is 9.73. The number of aliphatic hydroxyl groups excluding tert-OH is 2. The molecule has 14 nitrogen and oxygen atoms in total. The maximum atomic E-state index is 14.5. The third kappa shape index (κ3) is 10.4. The number of likely N-dealkylation sites (N-methyl/N-ethyl adjacent to an activating group) is 1. The normalized spacial score (nSPS) is 40.7. The Balaban J connectivity index is 1.87. The highest BCUT2D eigenvalue weighted by Gasteiger charge is 2.52. The number of Topliss-reactive ketones (excluding diaryl/α,β-unsaturated/α-hetero) is 1. The number of carbonyl (C=O) groups excluding carboxylic acids is 3. The maximum absolute atomic E-state index is 14.5. The second-order valence-corrected chi connectivity index (χ2v) is 17.1. The minimum absolute atomic E-state index is 0.00891. The molecule has 0 aromatic heterocycles. The summed E-state index contributed by atoms with van der Waals surface area (Å²) in [6.07, 6.45) is -5.57. The van der Waals surface area contributed by atoms with Gasteiger partial charge in [-0.15, -0.1) is 0 Å². The van der Waals surface area contributed by atoms with E-state index >= 15 is 0 Å². The number of cyclic esters (lactones) is 1. The molecule has 0 aliphatic carbocycles. The lowest BCUT2D eigenvalue weighted by molar-refractivity contribution is -0.299. The molecule has 0 bridgehead atoms. The largest absolute Gasteiger partial charge is 0.459 e. The smallest absolute Gasteiger partial charge is 0.316 e. The summed E-state index contributed by atoms with van der Waals surface area (Å²) in [6, 6.07) is 9.42. The third-order valence-corrected chi connectivity index (χ3v) is 12.3. The molecule has 1 aromatic carbocycles. The molecule has 0 radical (unpaired) electrons. The fraction of sp³-hybridized carbons (Fsp3) is 0.744. The van der Waals surface area contributed by atoms with Crippen molar-refractivity contribution in [3.8, 4) is 0 Å². The molecule has 57 heavy (non-hydrogen) atoms. The summed E-state index contributed by atoms with van der Waals surface area (Å²) in [4.78, 5) is 53.3. The average molecular weight is 802 g/mol. The highest BCUT2D eigenvalue weighted by molar-refractivity contribution is 6.03. The Morgan fingerprint density at radius 2 is 1.67 bits per heavy atom. The van der Waals surface area contributed by atoms with E-state index in [-0.39, 0.29) is 43.2 Å². The first-order valence-corrected chi connectivity index (χ1v) is 20.5. The summed E-state index contributed by atoms with van der Waals surface area (Å²) < 4.78 is 25.8. The SMILES string of the molecule is CCC1C(c2ccccc2)=NOC1CO[C@]1(C)C[C@@H](C)C(=NC(C)=O)[C@H](C)[C@H](O)[C@](C)(O)[C@@H](CC)OC(=O)C(C)C(=O)[C@@H](C)[C@H]1O[C@@H]1O[C@H](C)C[C@H](N(C)C)[C@H]1O. The van der Waals surface area contributed by atoms with E-state index in [9.17, 15) is 29.7 Å². The van der Waals surface area contributed by atoms with E-state index in [0.717, 1.165) is 11.3 Å². The quantitative estimate of drug-likeness (QED) is 0.237. The van der Waals surface area contributed by atoms with E-state index in [0.29, 0.717) is 12.8 Å².